The van der Waals surface area contributed by atoms with Gasteiger partial charge in [0.05, 0.1) is 5.75 Å². The zero-order valence-corrected chi connectivity index (χ0v) is 14.8. The number of amides is 1. The normalized spacial score (nSPS) is 13.9. The largest absolute Gasteiger partial charge is 0.355 e. The minimum Gasteiger partial charge on any atom is -0.355 e. The minimum atomic E-state index is 0.0620. The van der Waals surface area contributed by atoms with E-state index >= 15 is 0 Å². The van der Waals surface area contributed by atoms with Gasteiger partial charge in [0, 0.05) is 30.5 Å². The molecule has 1 aliphatic rings. The second kappa shape index (κ2) is 8.28. The molecule has 1 N–H and O–H groups in total. The monoisotopic (exact) mass is 345 g/mol. The molecule has 128 valence electrons. The maximum Gasteiger partial charge on any atom is 0.230 e. The van der Waals surface area contributed by atoms with Crippen LogP contribution in [0.1, 0.15) is 45.1 Å². The van der Waals surface area contributed by atoms with E-state index in [0.717, 1.165) is 55.2 Å². The van der Waals surface area contributed by atoms with Crippen LogP contribution in [0.15, 0.2) is 29.7 Å². The number of nitrogens with one attached hydrogen (secondary N) is 1. The van der Waals surface area contributed by atoms with Gasteiger partial charge in [0.15, 0.2) is 11.0 Å². The van der Waals surface area contributed by atoms with Crippen molar-refractivity contribution in [2.75, 3.05) is 12.3 Å². The van der Waals surface area contributed by atoms with Crippen LogP contribution in [-0.2, 0) is 4.79 Å². The fourth-order valence-electron chi connectivity index (χ4n) is 2.52. The molecule has 2 heterocycles. The van der Waals surface area contributed by atoms with Crippen molar-refractivity contribution < 1.29 is 4.79 Å². The lowest BCUT2D eigenvalue weighted by atomic mass is 10.2. The van der Waals surface area contributed by atoms with Crippen molar-refractivity contribution in [3.05, 3.63) is 24.5 Å². The number of unbranched alkanes of at least 4 members (excludes halogenated alkanes) is 2. The van der Waals surface area contributed by atoms with Crippen LogP contribution in [-0.4, -0.2) is 38.0 Å². The van der Waals surface area contributed by atoms with Crippen LogP contribution in [0.4, 0.5) is 0 Å². The number of carbonyl (C=O) groups is 1. The van der Waals surface area contributed by atoms with E-state index in [9.17, 15) is 4.79 Å². The first-order chi connectivity index (χ1) is 11.8. The summed E-state index contributed by atoms with van der Waals surface area (Å²) in [5.41, 5.74) is 1.01. The maximum absolute atomic E-state index is 12.0. The Kier molecular flexibility index (Phi) is 5.85. The number of nitrogens with zero attached hydrogens (tertiary/aromatic N) is 4. The van der Waals surface area contributed by atoms with Gasteiger partial charge < -0.3 is 5.32 Å². The molecule has 2 aromatic rings. The van der Waals surface area contributed by atoms with Crippen molar-refractivity contribution in [2.45, 2.75) is 50.2 Å². The standard InChI is InChI=1S/C17H23N5OS/c1-2-3-4-9-19-15(23)12-24-17-21-20-16(22(17)14-5-6-14)13-7-10-18-11-8-13/h7-8,10-11,14H,2-6,9,12H2,1H3,(H,19,23). The molecular formula is C17H23N5OS. The van der Waals surface area contributed by atoms with Gasteiger partial charge in [0.25, 0.3) is 0 Å². The van der Waals surface area contributed by atoms with E-state index in [1.165, 1.54) is 11.8 Å². The van der Waals surface area contributed by atoms with E-state index in [0.29, 0.717) is 11.8 Å². The Morgan fingerprint density at radius 3 is 2.79 bits per heavy atom. The van der Waals surface area contributed by atoms with E-state index in [1.807, 2.05) is 12.1 Å². The van der Waals surface area contributed by atoms with Gasteiger partial charge in [-0.05, 0) is 31.4 Å². The summed E-state index contributed by atoms with van der Waals surface area (Å²) in [6.07, 6.45) is 9.17. The second-order valence-electron chi connectivity index (χ2n) is 5.99. The SMILES string of the molecule is CCCCCNC(=O)CSc1nnc(-c2ccncc2)n1C1CC1. The number of pyridine rings is 1. The van der Waals surface area contributed by atoms with E-state index in [-0.39, 0.29) is 5.91 Å². The number of aromatic nitrogens is 4. The molecular weight excluding hydrogens is 322 g/mol. The Morgan fingerprint density at radius 2 is 2.08 bits per heavy atom. The Labute approximate surface area is 146 Å². The van der Waals surface area contributed by atoms with Crippen molar-refractivity contribution >= 4 is 17.7 Å². The molecule has 1 fully saturated rings. The molecule has 0 aromatic carbocycles. The van der Waals surface area contributed by atoms with Crippen LogP contribution in [0.3, 0.4) is 0 Å². The van der Waals surface area contributed by atoms with Crippen LogP contribution >= 0.6 is 11.8 Å². The fourth-order valence-corrected chi connectivity index (χ4v) is 3.35. The third kappa shape index (κ3) is 4.35. The Hall–Kier alpha value is -1.89. The Balaban J connectivity index is 1.62. The van der Waals surface area contributed by atoms with Crippen LogP contribution in [0, 0.1) is 0 Å². The van der Waals surface area contributed by atoms with E-state index in [4.69, 9.17) is 0 Å². The van der Waals surface area contributed by atoms with Crippen molar-refractivity contribution in [2.24, 2.45) is 0 Å². The molecule has 2 aromatic heterocycles. The highest BCUT2D eigenvalue weighted by Crippen LogP contribution is 2.40. The first kappa shape index (κ1) is 17.0. The van der Waals surface area contributed by atoms with Gasteiger partial charge in [0.2, 0.25) is 5.91 Å². The molecule has 3 rings (SSSR count). The smallest absolute Gasteiger partial charge is 0.230 e. The van der Waals surface area contributed by atoms with E-state index in [1.54, 1.807) is 12.4 Å². The highest BCUT2D eigenvalue weighted by atomic mass is 32.2. The quantitative estimate of drug-likeness (QED) is 0.558. The number of carbonyl (C=O) groups excluding carboxylic acids is 1. The Morgan fingerprint density at radius 1 is 1.29 bits per heavy atom. The highest BCUT2D eigenvalue weighted by molar-refractivity contribution is 7.99. The molecule has 24 heavy (non-hydrogen) atoms. The van der Waals surface area contributed by atoms with Crippen LogP contribution < -0.4 is 5.32 Å². The molecule has 0 aliphatic heterocycles. The van der Waals surface area contributed by atoms with Crippen molar-refractivity contribution in [3.63, 3.8) is 0 Å². The van der Waals surface area contributed by atoms with Gasteiger partial charge in [-0.25, -0.2) is 0 Å². The highest BCUT2D eigenvalue weighted by Gasteiger charge is 2.30. The maximum atomic E-state index is 12.0. The second-order valence-corrected chi connectivity index (χ2v) is 6.93. The molecule has 6 nitrogen and oxygen atoms in total. The summed E-state index contributed by atoms with van der Waals surface area (Å²) in [6, 6.07) is 4.34. The Bertz CT molecular complexity index is 669. The number of thioether (sulfide) groups is 1. The molecule has 0 atom stereocenters. The van der Waals surface area contributed by atoms with E-state index < -0.39 is 0 Å². The van der Waals surface area contributed by atoms with Gasteiger partial charge in [-0.2, -0.15) is 0 Å². The van der Waals surface area contributed by atoms with E-state index in [2.05, 4.69) is 32.0 Å². The minimum absolute atomic E-state index is 0.0620. The average Bonchev–Trinajstić information content (AvgIpc) is 3.37. The third-order valence-electron chi connectivity index (χ3n) is 3.95. The lowest BCUT2D eigenvalue weighted by molar-refractivity contribution is -0.118. The summed E-state index contributed by atoms with van der Waals surface area (Å²) in [5.74, 6) is 1.31. The number of hydrogen-bond donors (Lipinski definition) is 1. The van der Waals surface area contributed by atoms with Crippen molar-refractivity contribution in [3.8, 4) is 11.4 Å². The molecule has 0 saturated heterocycles. The molecule has 0 unspecified atom stereocenters. The zero-order chi connectivity index (χ0) is 16.8. The van der Waals surface area contributed by atoms with Gasteiger partial charge in [-0.3, -0.25) is 14.3 Å². The van der Waals surface area contributed by atoms with Gasteiger partial charge in [0.1, 0.15) is 0 Å². The molecule has 0 spiro atoms. The summed E-state index contributed by atoms with van der Waals surface area (Å²) < 4.78 is 2.17. The number of hydrogen-bond acceptors (Lipinski definition) is 5. The van der Waals surface area contributed by atoms with Gasteiger partial charge in [-0.1, -0.05) is 31.5 Å². The number of rotatable bonds is 9. The predicted octanol–water partition coefficient (Wildman–Crippen LogP) is 3.07. The summed E-state index contributed by atoms with van der Waals surface area (Å²) in [4.78, 5) is 16.0. The molecule has 0 radical (unpaired) electrons. The molecule has 1 aliphatic carbocycles. The zero-order valence-electron chi connectivity index (χ0n) is 13.9. The molecule has 0 bridgehead atoms. The summed E-state index contributed by atoms with van der Waals surface area (Å²) in [5, 5.41) is 12.4. The fraction of sp³-hybridized carbons (Fsp3) is 0.529. The van der Waals surface area contributed by atoms with Gasteiger partial charge >= 0.3 is 0 Å². The third-order valence-corrected chi connectivity index (χ3v) is 4.89. The topological polar surface area (TPSA) is 72.7 Å². The average molecular weight is 345 g/mol. The van der Waals surface area contributed by atoms with Gasteiger partial charge in [-0.15, -0.1) is 10.2 Å². The van der Waals surface area contributed by atoms with Crippen LogP contribution in [0.5, 0.6) is 0 Å². The first-order valence-corrected chi connectivity index (χ1v) is 9.53. The van der Waals surface area contributed by atoms with Crippen LogP contribution in [0.25, 0.3) is 11.4 Å². The lowest BCUT2D eigenvalue weighted by Gasteiger charge is -2.09. The van der Waals surface area contributed by atoms with Crippen LogP contribution in [0.2, 0.25) is 0 Å². The molecule has 1 amide bonds. The molecule has 7 heteroatoms. The molecule has 1 saturated carbocycles. The summed E-state index contributed by atoms with van der Waals surface area (Å²) in [7, 11) is 0. The summed E-state index contributed by atoms with van der Waals surface area (Å²) in [6.45, 7) is 2.91. The van der Waals surface area contributed by atoms with Crippen molar-refractivity contribution in [1.82, 2.24) is 25.1 Å². The summed E-state index contributed by atoms with van der Waals surface area (Å²) >= 11 is 1.46. The lowest BCUT2D eigenvalue weighted by Crippen LogP contribution is -2.26. The first-order valence-electron chi connectivity index (χ1n) is 8.54. The van der Waals surface area contributed by atoms with Crippen molar-refractivity contribution in [1.29, 1.82) is 0 Å². The predicted molar refractivity (Wildman–Crippen MR) is 94.8 cm³/mol.